The van der Waals surface area contributed by atoms with Crippen LogP contribution in [0.1, 0.15) is 39.0 Å². The van der Waals surface area contributed by atoms with Gasteiger partial charge in [0.1, 0.15) is 11.6 Å². The molecule has 0 spiro atoms. The van der Waals surface area contributed by atoms with E-state index in [1.807, 2.05) is 0 Å². The van der Waals surface area contributed by atoms with Crippen LogP contribution in [0.25, 0.3) is 0 Å². The molecule has 0 radical (unpaired) electrons. The van der Waals surface area contributed by atoms with Gasteiger partial charge in [-0.3, -0.25) is 9.59 Å². The molecule has 1 rings (SSSR count). The lowest BCUT2D eigenvalue weighted by Gasteiger charge is -2.31. The van der Waals surface area contributed by atoms with Crippen molar-refractivity contribution in [1.82, 2.24) is 5.32 Å². The second-order valence-electron chi connectivity index (χ2n) is 4.13. The molecule has 1 aliphatic rings. The van der Waals surface area contributed by atoms with Gasteiger partial charge in [-0.25, -0.2) is 0 Å². The molecular formula is C10H17NO4. The highest BCUT2D eigenvalue weighted by Gasteiger charge is 2.38. The monoisotopic (exact) mass is 215 g/mol. The fourth-order valence-electron chi connectivity index (χ4n) is 1.76. The summed E-state index contributed by atoms with van der Waals surface area (Å²) >= 11 is 0. The standard InChI is InChI=1S/C10H17NO4/c1-7(8(12)13)11-9(14)10(15)5-3-2-4-6-10/h7,15H,2-6H2,1H3,(H,11,14)(H,12,13)/t7-/m0/s1. The van der Waals surface area contributed by atoms with E-state index in [4.69, 9.17) is 5.11 Å². The lowest BCUT2D eigenvalue weighted by atomic mass is 9.84. The van der Waals surface area contributed by atoms with Crippen molar-refractivity contribution in [2.75, 3.05) is 0 Å². The molecule has 0 aromatic heterocycles. The highest BCUT2D eigenvalue weighted by atomic mass is 16.4. The largest absolute Gasteiger partial charge is 0.480 e. The molecule has 0 unspecified atom stereocenters. The number of aliphatic carboxylic acids is 1. The molecule has 1 amide bonds. The predicted octanol–water partition coefficient (Wildman–Crippen LogP) is 0.271. The van der Waals surface area contributed by atoms with Crippen molar-refractivity contribution in [3.05, 3.63) is 0 Å². The Bertz CT molecular complexity index is 258. The van der Waals surface area contributed by atoms with Crippen molar-refractivity contribution in [1.29, 1.82) is 0 Å². The van der Waals surface area contributed by atoms with E-state index >= 15 is 0 Å². The first-order chi connectivity index (χ1) is 6.96. The second kappa shape index (κ2) is 4.61. The minimum absolute atomic E-state index is 0.422. The average Bonchev–Trinajstić information content (AvgIpc) is 2.18. The zero-order valence-electron chi connectivity index (χ0n) is 8.82. The van der Waals surface area contributed by atoms with Gasteiger partial charge in [0.15, 0.2) is 0 Å². The van der Waals surface area contributed by atoms with Crippen molar-refractivity contribution >= 4 is 11.9 Å². The minimum atomic E-state index is -1.36. The van der Waals surface area contributed by atoms with Gasteiger partial charge in [0.05, 0.1) is 0 Å². The first-order valence-electron chi connectivity index (χ1n) is 5.22. The van der Waals surface area contributed by atoms with Crippen LogP contribution in [0, 0.1) is 0 Å². The topological polar surface area (TPSA) is 86.6 Å². The Kier molecular flexibility index (Phi) is 3.68. The summed E-state index contributed by atoms with van der Waals surface area (Å²) in [5, 5.41) is 20.9. The van der Waals surface area contributed by atoms with E-state index < -0.39 is 23.5 Å². The third-order valence-corrected chi connectivity index (χ3v) is 2.82. The summed E-state index contributed by atoms with van der Waals surface area (Å²) < 4.78 is 0. The summed E-state index contributed by atoms with van der Waals surface area (Å²) in [4.78, 5) is 22.1. The summed E-state index contributed by atoms with van der Waals surface area (Å²) in [7, 11) is 0. The maximum Gasteiger partial charge on any atom is 0.325 e. The van der Waals surface area contributed by atoms with Crippen molar-refractivity contribution in [3.63, 3.8) is 0 Å². The summed E-state index contributed by atoms with van der Waals surface area (Å²) in [6.45, 7) is 1.38. The molecule has 0 saturated heterocycles. The van der Waals surface area contributed by atoms with Gasteiger partial charge in [0, 0.05) is 0 Å². The van der Waals surface area contributed by atoms with E-state index in [1.54, 1.807) is 0 Å². The number of carbonyl (C=O) groups is 2. The van der Waals surface area contributed by atoms with Crippen molar-refractivity contribution in [2.45, 2.75) is 50.7 Å². The third kappa shape index (κ3) is 2.92. The van der Waals surface area contributed by atoms with Crippen LogP contribution in [-0.4, -0.2) is 33.7 Å². The van der Waals surface area contributed by atoms with Crippen LogP contribution < -0.4 is 5.32 Å². The van der Waals surface area contributed by atoms with Crippen LogP contribution in [0.2, 0.25) is 0 Å². The number of nitrogens with one attached hydrogen (secondary N) is 1. The molecule has 5 nitrogen and oxygen atoms in total. The number of hydrogen-bond acceptors (Lipinski definition) is 3. The SMILES string of the molecule is C[C@H](NC(=O)C1(O)CCCCC1)C(=O)O. The molecule has 5 heteroatoms. The van der Waals surface area contributed by atoms with E-state index in [0.717, 1.165) is 19.3 Å². The molecule has 0 aliphatic heterocycles. The van der Waals surface area contributed by atoms with E-state index in [1.165, 1.54) is 6.92 Å². The molecular weight excluding hydrogens is 198 g/mol. The Morgan fingerprint density at radius 3 is 2.27 bits per heavy atom. The van der Waals surface area contributed by atoms with E-state index in [0.29, 0.717) is 12.8 Å². The maximum absolute atomic E-state index is 11.6. The van der Waals surface area contributed by atoms with E-state index in [-0.39, 0.29) is 0 Å². The van der Waals surface area contributed by atoms with Gasteiger partial charge in [0.2, 0.25) is 0 Å². The lowest BCUT2D eigenvalue weighted by Crippen LogP contribution is -2.52. The molecule has 1 aliphatic carbocycles. The van der Waals surface area contributed by atoms with Crippen LogP contribution in [0.5, 0.6) is 0 Å². The second-order valence-corrected chi connectivity index (χ2v) is 4.13. The Morgan fingerprint density at radius 1 is 1.27 bits per heavy atom. The lowest BCUT2D eigenvalue weighted by molar-refractivity contribution is -0.149. The first kappa shape index (κ1) is 12.0. The molecule has 0 aromatic rings. The zero-order valence-corrected chi connectivity index (χ0v) is 8.82. The number of hydrogen-bond donors (Lipinski definition) is 3. The molecule has 0 heterocycles. The first-order valence-corrected chi connectivity index (χ1v) is 5.22. The third-order valence-electron chi connectivity index (χ3n) is 2.82. The van der Waals surface area contributed by atoms with Gasteiger partial charge in [-0.2, -0.15) is 0 Å². The van der Waals surface area contributed by atoms with Gasteiger partial charge >= 0.3 is 5.97 Å². The van der Waals surface area contributed by atoms with Crippen LogP contribution in [0.3, 0.4) is 0 Å². The van der Waals surface area contributed by atoms with Gasteiger partial charge in [0.25, 0.3) is 5.91 Å². The van der Waals surface area contributed by atoms with Gasteiger partial charge in [-0.15, -0.1) is 0 Å². The Balaban J connectivity index is 2.55. The van der Waals surface area contributed by atoms with Crippen molar-refractivity contribution < 1.29 is 19.8 Å². The smallest absolute Gasteiger partial charge is 0.325 e. The molecule has 0 bridgehead atoms. The summed E-state index contributed by atoms with van der Waals surface area (Å²) in [5.41, 5.74) is -1.36. The van der Waals surface area contributed by atoms with E-state index in [2.05, 4.69) is 5.32 Å². The van der Waals surface area contributed by atoms with Crippen LogP contribution in [-0.2, 0) is 9.59 Å². The van der Waals surface area contributed by atoms with Gasteiger partial charge in [-0.1, -0.05) is 19.3 Å². The normalized spacial score (nSPS) is 21.7. The molecule has 0 aromatic carbocycles. The fourth-order valence-corrected chi connectivity index (χ4v) is 1.76. The average molecular weight is 215 g/mol. The number of aliphatic hydroxyl groups is 1. The quantitative estimate of drug-likeness (QED) is 0.630. The summed E-state index contributed by atoms with van der Waals surface area (Å²) in [5.74, 6) is -1.65. The van der Waals surface area contributed by atoms with Gasteiger partial charge < -0.3 is 15.5 Å². The predicted molar refractivity (Wildman–Crippen MR) is 53.3 cm³/mol. The van der Waals surface area contributed by atoms with Crippen LogP contribution >= 0.6 is 0 Å². The Labute approximate surface area is 88.5 Å². The van der Waals surface area contributed by atoms with Crippen LogP contribution in [0.15, 0.2) is 0 Å². The molecule has 3 N–H and O–H groups in total. The molecule has 1 atom stereocenters. The molecule has 15 heavy (non-hydrogen) atoms. The number of carboxylic acid groups (broad SMARTS) is 1. The highest BCUT2D eigenvalue weighted by molar-refractivity contribution is 5.88. The molecule has 86 valence electrons. The number of carbonyl (C=O) groups excluding carboxylic acids is 1. The number of carboxylic acids is 1. The highest BCUT2D eigenvalue weighted by Crippen LogP contribution is 2.28. The molecule has 1 saturated carbocycles. The van der Waals surface area contributed by atoms with Crippen LogP contribution in [0.4, 0.5) is 0 Å². The van der Waals surface area contributed by atoms with Crippen molar-refractivity contribution in [3.8, 4) is 0 Å². The van der Waals surface area contributed by atoms with Crippen molar-refractivity contribution in [2.24, 2.45) is 0 Å². The minimum Gasteiger partial charge on any atom is -0.480 e. The van der Waals surface area contributed by atoms with E-state index in [9.17, 15) is 14.7 Å². The molecule has 1 fully saturated rings. The number of amides is 1. The Hall–Kier alpha value is -1.10. The fraction of sp³-hybridized carbons (Fsp3) is 0.800. The number of rotatable bonds is 3. The zero-order chi connectivity index (χ0) is 11.5. The summed E-state index contributed by atoms with van der Waals surface area (Å²) in [6.07, 6.45) is 3.48. The summed E-state index contributed by atoms with van der Waals surface area (Å²) in [6, 6.07) is -0.955. The maximum atomic E-state index is 11.6. The van der Waals surface area contributed by atoms with Gasteiger partial charge in [-0.05, 0) is 19.8 Å². The Morgan fingerprint density at radius 2 is 1.80 bits per heavy atom.